The molecule has 0 spiro atoms. The molecule has 2 aromatic carbocycles. The lowest BCUT2D eigenvalue weighted by atomic mass is 10.2. The molecule has 0 aliphatic carbocycles. The van der Waals surface area contributed by atoms with Crippen molar-refractivity contribution in [3.8, 4) is 17.2 Å². The van der Waals surface area contributed by atoms with Gasteiger partial charge in [0, 0.05) is 18.8 Å². The van der Waals surface area contributed by atoms with E-state index in [1.807, 2.05) is 42.8 Å². The first-order valence-electron chi connectivity index (χ1n) is 9.48. The van der Waals surface area contributed by atoms with E-state index in [0.29, 0.717) is 48.0 Å². The Bertz CT molecular complexity index is 1040. The van der Waals surface area contributed by atoms with Gasteiger partial charge in [-0.05, 0) is 31.2 Å². The molecule has 0 unspecified atom stereocenters. The number of anilines is 1. The Balaban J connectivity index is 1.29. The molecule has 0 fully saturated rings. The molecule has 2 heterocycles. The first-order chi connectivity index (χ1) is 14.6. The first-order valence-corrected chi connectivity index (χ1v) is 10.5. The van der Waals surface area contributed by atoms with Gasteiger partial charge in [0.15, 0.2) is 22.5 Å². The molecule has 1 aliphatic rings. The van der Waals surface area contributed by atoms with E-state index >= 15 is 0 Å². The average Bonchev–Trinajstić information content (AvgIpc) is 3.11. The first kappa shape index (κ1) is 20.1. The van der Waals surface area contributed by atoms with Crippen LogP contribution in [0.2, 0.25) is 0 Å². The second-order valence-corrected chi connectivity index (χ2v) is 7.70. The average molecular weight is 426 g/mol. The van der Waals surface area contributed by atoms with Crippen LogP contribution in [0, 0.1) is 6.92 Å². The van der Waals surface area contributed by atoms with Crippen LogP contribution in [0.4, 0.5) is 5.69 Å². The highest BCUT2D eigenvalue weighted by Gasteiger charge is 2.15. The zero-order valence-electron chi connectivity index (χ0n) is 16.8. The Morgan fingerprint density at radius 3 is 2.70 bits per heavy atom. The van der Waals surface area contributed by atoms with Crippen molar-refractivity contribution in [1.29, 1.82) is 0 Å². The number of benzene rings is 2. The third kappa shape index (κ3) is 4.85. The maximum atomic E-state index is 12.3. The zero-order chi connectivity index (χ0) is 20.9. The molecule has 156 valence electrons. The Labute approximate surface area is 178 Å². The maximum absolute atomic E-state index is 12.3. The number of carbonyl (C=O) groups excluding carboxylic acids is 1. The molecule has 0 saturated heterocycles. The van der Waals surface area contributed by atoms with E-state index in [4.69, 9.17) is 14.2 Å². The summed E-state index contributed by atoms with van der Waals surface area (Å²) in [5.41, 5.74) is 1.84. The number of ether oxygens (including phenoxy) is 3. The molecule has 0 saturated carbocycles. The highest BCUT2D eigenvalue weighted by Crippen LogP contribution is 2.32. The van der Waals surface area contributed by atoms with Crippen LogP contribution in [-0.2, 0) is 18.4 Å². The number of amides is 1. The van der Waals surface area contributed by atoms with Gasteiger partial charge in [0.25, 0.3) is 0 Å². The molecular weight excluding hydrogens is 404 g/mol. The normalized spacial score (nSPS) is 12.5. The zero-order valence-corrected chi connectivity index (χ0v) is 17.6. The molecule has 3 aromatic rings. The van der Waals surface area contributed by atoms with Gasteiger partial charge >= 0.3 is 0 Å². The lowest BCUT2D eigenvalue weighted by molar-refractivity contribution is -0.113. The maximum Gasteiger partial charge on any atom is 0.234 e. The van der Waals surface area contributed by atoms with Crippen LogP contribution in [0.3, 0.4) is 0 Å². The van der Waals surface area contributed by atoms with Gasteiger partial charge in [0.05, 0.1) is 5.75 Å². The summed E-state index contributed by atoms with van der Waals surface area (Å²) in [5, 5.41) is 11.8. The van der Waals surface area contributed by atoms with E-state index in [2.05, 4.69) is 15.5 Å². The number of nitrogens with zero attached hydrogens (tertiary/aromatic N) is 3. The minimum absolute atomic E-state index is 0.142. The Morgan fingerprint density at radius 2 is 1.90 bits per heavy atom. The summed E-state index contributed by atoms with van der Waals surface area (Å²) >= 11 is 1.31. The molecule has 9 heteroatoms. The fourth-order valence-corrected chi connectivity index (χ4v) is 3.56. The third-order valence-corrected chi connectivity index (χ3v) is 5.49. The van der Waals surface area contributed by atoms with Crippen LogP contribution >= 0.6 is 11.8 Å². The van der Waals surface area contributed by atoms with Crippen LogP contribution in [0.1, 0.15) is 11.4 Å². The van der Waals surface area contributed by atoms with Crippen molar-refractivity contribution in [2.24, 2.45) is 7.05 Å². The lowest BCUT2D eigenvalue weighted by Gasteiger charge is -2.18. The molecule has 1 amide bonds. The van der Waals surface area contributed by atoms with Crippen molar-refractivity contribution in [2.75, 3.05) is 24.3 Å². The summed E-state index contributed by atoms with van der Waals surface area (Å²) in [5.74, 6) is 2.85. The van der Waals surface area contributed by atoms with Crippen LogP contribution in [0.5, 0.6) is 17.2 Å². The van der Waals surface area contributed by atoms with Crippen molar-refractivity contribution >= 4 is 23.4 Å². The lowest BCUT2D eigenvalue weighted by Crippen LogP contribution is -2.17. The number of rotatable bonds is 7. The molecule has 0 atom stereocenters. The Kier molecular flexibility index (Phi) is 6.08. The van der Waals surface area contributed by atoms with E-state index in [1.54, 1.807) is 18.2 Å². The van der Waals surface area contributed by atoms with Crippen LogP contribution in [0.15, 0.2) is 47.6 Å². The van der Waals surface area contributed by atoms with Gasteiger partial charge in [-0.15, -0.1) is 10.2 Å². The van der Waals surface area contributed by atoms with Crippen LogP contribution in [-0.4, -0.2) is 39.6 Å². The summed E-state index contributed by atoms with van der Waals surface area (Å²) in [6.45, 7) is 3.36. The Hall–Kier alpha value is -3.20. The van der Waals surface area contributed by atoms with Gasteiger partial charge in [-0.25, -0.2) is 0 Å². The molecule has 4 rings (SSSR count). The van der Waals surface area contributed by atoms with Crippen molar-refractivity contribution in [3.05, 3.63) is 53.9 Å². The van der Waals surface area contributed by atoms with E-state index in [-0.39, 0.29) is 11.7 Å². The van der Waals surface area contributed by atoms with Crippen LogP contribution in [0.25, 0.3) is 0 Å². The monoisotopic (exact) mass is 426 g/mol. The van der Waals surface area contributed by atoms with Gasteiger partial charge in [0.2, 0.25) is 5.91 Å². The SMILES string of the molecule is Cc1ccc(OCc2nnc(SCC(=O)Nc3ccc4c(c3)OCCO4)n2C)cc1. The van der Waals surface area contributed by atoms with E-state index in [0.717, 1.165) is 5.75 Å². The standard InChI is InChI=1S/C21H22N4O4S/c1-14-3-6-16(7-4-14)29-12-19-23-24-21(25(19)2)30-13-20(26)22-15-5-8-17-18(11-15)28-10-9-27-17/h3-8,11H,9-10,12-13H2,1-2H3,(H,22,26). The van der Waals surface area contributed by atoms with Crippen molar-refractivity contribution in [2.45, 2.75) is 18.7 Å². The van der Waals surface area contributed by atoms with Crippen molar-refractivity contribution < 1.29 is 19.0 Å². The van der Waals surface area contributed by atoms with E-state index < -0.39 is 0 Å². The second-order valence-electron chi connectivity index (χ2n) is 6.75. The molecular formula is C21H22N4O4S. The number of carbonyl (C=O) groups is 1. The number of aryl methyl sites for hydroxylation is 1. The fraction of sp³-hybridized carbons (Fsp3) is 0.286. The summed E-state index contributed by atoms with van der Waals surface area (Å²) in [6.07, 6.45) is 0. The number of fused-ring (bicyclic) bond motifs is 1. The molecule has 8 nitrogen and oxygen atoms in total. The highest BCUT2D eigenvalue weighted by molar-refractivity contribution is 7.99. The van der Waals surface area contributed by atoms with Crippen LogP contribution < -0.4 is 19.5 Å². The molecule has 1 aromatic heterocycles. The molecule has 0 bridgehead atoms. The minimum Gasteiger partial charge on any atom is -0.486 e. The summed E-state index contributed by atoms with van der Waals surface area (Å²) < 4.78 is 18.6. The predicted octanol–water partition coefficient (Wildman–Crippen LogP) is 3.20. The topological polar surface area (TPSA) is 87.5 Å². The number of thioether (sulfide) groups is 1. The largest absolute Gasteiger partial charge is 0.486 e. The van der Waals surface area contributed by atoms with Gasteiger partial charge in [-0.3, -0.25) is 4.79 Å². The van der Waals surface area contributed by atoms with Gasteiger partial charge < -0.3 is 24.1 Å². The Morgan fingerprint density at radius 1 is 1.13 bits per heavy atom. The fourth-order valence-electron chi connectivity index (χ4n) is 2.83. The number of nitrogens with one attached hydrogen (secondary N) is 1. The highest BCUT2D eigenvalue weighted by atomic mass is 32.2. The summed E-state index contributed by atoms with van der Waals surface area (Å²) in [4.78, 5) is 12.3. The summed E-state index contributed by atoms with van der Waals surface area (Å²) in [6, 6.07) is 13.2. The van der Waals surface area contributed by atoms with Gasteiger partial charge in [-0.1, -0.05) is 29.5 Å². The third-order valence-electron chi connectivity index (χ3n) is 4.47. The molecule has 0 radical (unpaired) electrons. The predicted molar refractivity (Wildman–Crippen MR) is 113 cm³/mol. The van der Waals surface area contributed by atoms with Crippen molar-refractivity contribution in [1.82, 2.24) is 14.8 Å². The number of aromatic nitrogens is 3. The van der Waals surface area contributed by atoms with Gasteiger partial charge in [0.1, 0.15) is 25.6 Å². The van der Waals surface area contributed by atoms with E-state index in [1.165, 1.54) is 17.3 Å². The molecule has 30 heavy (non-hydrogen) atoms. The van der Waals surface area contributed by atoms with E-state index in [9.17, 15) is 4.79 Å². The smallest absolute Gasteiger partial charge is 0.234 e. The number of hydrogen-bond donors (Lipinski definition) is 1. The van der Waals surface area contributed by atoms with Crippen molar-refractivity contribution in [3.63, 3.8) is 0 Å². The number of hydrogen-bond acceptors (Lipinski definition) is 7. The molecule has 1 aliphatic heterocycles. The minimum atomic E-state index is -0.142. The van der Waals surface area contributed by atoms with Gasteiger partial charge in [-0.2, -0.15) is 0 Å². The second kappa shape index (κ2) is 9.08. The summed E-state index contributed by atoms with van der Waals surface area (Å²) in [7, 11) is 1.86. The quantitative estimate of drug-likeness (QED) is 0.581. The molecule has 1 N–H and O–H groups in total.